The number of carbonyl (C=O) groups excluding carboxylic acids is 1. The first-order valence-corrected chi connectivity index (χ1v) is 7.86. The van der Waals surface area contributed by atoms with Gasteiger partial charge in [0.25, 0.3) is 0 Å². The molecule has 0 heterocycles. The van der Waals surface area contributed by atoms with Crippen molar-refractivity contribution < 1.29 is 4.79 Å². The molecule has 4 aliphatic carbocycles. The van der Waals surface area contributed by atoms with E-state index in [0.717, 1.165) is 11.5 Å². The molecule has 2 spiro atoms. The first kappa shape index (κ1) is 11.9. The van der Waals surface area contributed by atoms with E-state index in [9.17, 15) is 4.79 Å². The van der Waals surface area contributed by atoms with Crippen LogP contribution >= 0.6 is 0 Å². The topological polar surface area (TPSA) is 17.1 Å². The molecular weight excluding hydrogens is 232 g/mol. The third kappa shape index (κ3) is 1.16. The maximum Gasteiger partial charge on any atom is 0.181 e. The van der Waals surface area contributed by atoms with E-state index < -0.39 is 0 Å². The van der Waals surface area contributed by atoms with Crippen molar-refractivity contribution in [3.63, 3.8) is 0 Å². The molecule has 3 fully saturated rings. The van der Waals surface area contributed by atoms with E-state index in [1.807, 2.05) is 13.0 Å². The summed E-state index contributed by atoms with van der Waals surface area (Å²) in [6, 6.07) is 0. The van der Waals surface area contributed by atoms with Crippen molar-refractivity contribution >= 4 is 5.78 Å². The second-order valence-corrected chi connectivity index (χ2v) is 8.10. The molecule has 0 aliphatic heterocycles. The van der Waals surface area contributed by atoms with Gasteiger partial charge in [-0.25, -0.2) is 0 Å². The number of rotatable bonds is 0. The van der Waals surface area contributed by atoms with Crippen molar-refractivity contribution in [1.82, 2.24) is 0 Å². The Morgan fingerprint density at radius 3 is 2.79 bits per heavy atom. The Bertz CT molecular complexity index is 536. The molecular formula is C18H24O. The van der Waals surface area contributed by atoms with Crippen LogP contribution in [0.4, 0.5) is 0 Å². The summed E-state index contributed by atoms with van der Waals surface area (Å²) in [5.41, 5.74) is 3.74. The average Bonchev–Trinajstić information content (AvgIpc) is 2.55. The van der Waals surface area contributed by atoms with Gasteiger partial charge in [0.15, 0.2) is 5.78 Å². The highest BCUT2D eigenvalue weighted by Crippen LogP contribution is 2.79. The normalized spacial score (nSPS) is 46.5. The Hall–Kier alpha value is -0.850. The quantitative estimate of drug-likeness (QED) is 0.626. The SMILES string of the molecule is CC1=C[C@]23CC[C@H]4C(C)(C)CCCC42CC3=CC1=O. The molecule has 0 radical (unpaired) electrons. The zero-order valence-electron chi connectivity index (χ0n) is 12.4. The van der Waals surface area contributed by atoms with E-state index in [2.05, 4.69) is 19.9 Å². The Morgan fingerprint density at radius 1 is 1.21 bits per heavy atom. The zero-order valence-corrected chi connectivity index (χ0v) is 12.4. The van der Waals surface area contributed by atoms with Gasteiger partial charge in [0.05, 0.1) is 0 Å². The van der Waals surface area contributed by atoms with Crippen LogP contribution in [0.15, 0.2) is 23.3 Å². The fraction of sp³-hybridized carbons (Fsp3) is 0.722. The van der Waals surface area contributed by atoms with Gasteiger partial charge in [-0.3, -0.25) is 4.79 Å². The lowest BCUT2D eigenvalue weighted by molar-refractivity contribution is -0.113. The predicted molar refractivity (Wildman–Crippen MR) is 76.7 cm³/mol. The zero-order chi connectivity index (χ0) is 13.5. The number of carbonyl (C=O) groups is 1. The molecule has 4 rings (SSSR count). The summed E-state index contributed by atoms with van der Waals surface area (Å²) in [6.07, 6.45) is 12.3. The third-order valence-electron chi connectivity index (χ3n) is 7.01. The Morgan fingerprint density at radius 2 is 2.00 bits per heavy atom. The maximum absolute atomic E-state index is 11.9. The molecule has 0 aromatic rings. The van der Waals surface area contributed by atoms with Crippen molar-refractivity contribution in [3.05, 3.63) is 23.3 Å². The molecule has 1 heteroatoms. The summed E-state index contributed by atoms with van der Waals surface area (Å²) in [5, 5.41) is 0. The molecule has 3 atom stereocenters. The maximum atomic E-state index is 11.9. The minimum absolute atomic E-state index is 0.258. The smallest absolute Gasteiger partial charge is 0.181 e. The minimum atomic E-state index is 0.258. The molecule has 1 unspecified atom stereocenters. The summed E-state index contributed by atoms with van der Waals surface area (Å²) in [4.78, 5) is 11.9. The highest BCUT2D eigenvalue weighted by molar-refractivity contribution is 6.05. The lowest BCUT2D eigenvalue weighted by Crippen LogP contribution is -2.57. The van der Waals surface area contributed by atoms with Crippen LogP contribution in [-0.4, -0.2) is 5.78 Å². The Labute approximate surface area is 116 Å². The van der Waals surface area contributed by atoms with Gasteiger partial charge in [-0.15, -0.1) is 0 Å². The fourth-order valence-corrected chi connectivity index (χ4v) is 6.22. The highest BCUT2D eigenvalue weighted by atomic mass is 16.1. The van der Waals surface area contributed by atoms with Crippen LogP contribution in [0.5, 0.6) is 0 Å². The van der Waals surface area contributed by atoms with Crippen LogP contribution in [0, 0.1) is 22.2 Å². The van der Waals surface area contributed by atoms with E-state index in [1.54, 1.807) is 0 Å². The number of ketones is 1. The van der Waals surface area contributed by atoms with Crippen molar-refractivity contribution in [1.29, 1.82) is 0 Å². The molecule has 1 nitrogen and oxygen atoms in total. The Balaban J connectivity index is 1.84. The van der Waals surface area contributed by atoms with Crippen molar-refractivity contribution in [2.75, 3.05) is 0 Å². The second-order valence-electron chi connectivity index (χ2n) is 8.10. The molecule has 0 aromatic carbocycles. The summed E-state index contributed by atoms with van der Waals surface area (Å²) >= 11 is 0. The van der Waals surface area contributed by atoms with Gasteiger partial charge < -0.3 is 0 Å². The van der Waals surface area contributed by atoms with Gasteiger partial charge in [-0.2, -0.15) is 0 Å². The van der Waals surface area contributed by atoms with Crippen LogP contribution < -0.4 is 0 Å². The highest BCUT2D eigenvalue weighted by Gasteiger charge is 2.70. The second kappa shape index (κ2) is 3.24. The first-order chi connectivity index (χ1) is 8.91. The van der Waals surface area contributed by atoms with Crippen molar-refractivity contribution in [2.24, 2.45) is 22.2 Å². The summed E-state index contributed by atoms with van der Waals surface area (Å²) < 4.78 is 0. The molecule has 0 bridgehead atoms. The molecule has 4 aliphatic rings. The molecule has 3 saturated carbocycles. The summed E-state index contributed by atoms with van der Waals surface area (Å²) in [5.74, 6) is 1.12. The van der Waals surface area contributed by atoms with Gasteiger partial charge in [-0.1, -0.05) is 31.9 Å². The third-order valence-corrected chi connectivity index (χ3v) is 7.01. The fourth-order valence-electron chi connectivity index (χ4n) is 6.22. The standard InChI is InChI=1S/C18H24O/c1-12-10-17-8-5-15-16(2,3)6-4-7-18(15,17)11-13(17)9-14(12)19/h9-10,15H,4-8,11H2,1-3H3/t15-,17-,18?/m0/s1. The number of hydrogen-bond donors (Lipinski definition) is 0. The molecule has 0 saturated heterocycles. The number of allylic oxidation sites excluding steroid dienone is 4. The van der Waals surface area contributed by atoms with Crippen LogP contribution in [0.2, 0.25) is 0 Å². The van der Waals surface area contributed by atoms with E-state index in [4.69, 9.17) is 0 Å². The summed E-state index contributed by atoms with van der Waals surface area (Å²) in [6.45, 7) is 6.96. The van der Waals surface area contributed by atoms with Gasteiger partial charge in [0.2, 0.25) is 0 Å². The largest absolute Gasteiger partial charge is 0.290 e. The molecule has 0 N–H and O–H groups in total. The van der Waals surface area contributed by atoms with E-state index in [0.29, 0.717) is 10.8 Å². The van der Waals surface area contributed by atoms with Crippen LogP contribution in [0.1, 0.15) is 59.3 Å². The Kier molecular flexibility index (Phi) is 2.04. The lowest BCUT2D eigenvalue weighted by atomic mass is 9.39. The predicted octanol–water partition coefficient (Wildman–Crippen LogP) is 4.44. The van der Waals surface area contributed by atoms with Gasteiger partial charge >= 0.3 is 0 Å². The van der Waals surface area contributed by atoms with E-state index in [1.165, 1.54) is 44.1 Å². The van der Waals surface area contributed by atoms with Gasteiger partial charge in [-0.05, 0) is 67.4 Å². The molecule has 102 valence electrons. The van der Waals surface area contributed by atoms with E-state index >= 15 is 0 Å². The van der Waals surface area contributed by atoms with Gasteiger partial charge in [0.1, 0.15) is 0 Å². The van der Waals surface area contributed by atoms with Crippen molar-refractivity contribution in [2.45, 2.75) is 59.3 Å². The molecule has 0 aromatic heterocycles. The monoisotopic (exact) mass is 256 g/mol. The molecule has 19 heavy (non-hydrogen) atoms. The summed E-state index contributed by atoms with van der Waals surface area (Å²) in [7, 11) is 0. The van der Waals surface area contributed by atoms with Crippen LogP contribution in [0.3, 0.4) is 0 Å². The number of hydrogen-bond acceptors (Lipinski definition) is 1. The van der Waals surface area contributed by atoms with Crippen molar-refractivity contribution in [3.8, 4) is 0 Å². The van der Waals surface area contributed by atoms with E-state index in [-0.39, 0.29) is 11.2 Å². The molecule has 0 amide bonds. The van der Waals surface area contributed by atoms with Crippen LogP contribution in [0.25, 0.3) is 0 Å². The minimum Gasteiger partial charge on any atom is -0.290 e. The van der Waals surface area contributed by atoms with Gasteiger partial charge in [0, 0.05) is 5.41 Å². The first-order valence-electron chi connectivity index (χ1n) is 7.86. The van der Waals surface area contributed by atoms with Crippen LogP contribution in [-0.2, 0) is 4.79 Å². The average molecular weight is 256 g/mol. The lowest BCUT2D eigenvalue weighted by Gasteiger charge is -2.64.